The number of nitrogens with one attached hydrogen (secondary N) is 1. The molecule has 0 saturated carbocycles. The van der Waals surface area contributed by atoms with Gasteiger partial charge < -0.3 is 19.5 Å². The molecule has 18 heavy (non-hydrogen) atoms. The van der Waals surface area contributed by atoms with Crippen LogP contribution in [0.2, 0.25) is 0 Å². The predicted molar refractivity (Wildman–Crippen MR) is 73.6 cm³/mol. The fourth-order valence-corrected chi connectivity index (χ4v) is 1.59. The molecule has 0 aliphatic carbocycles. The summed E-state index contributed by atoms with van der Waals surface area (Å²) >= 11 is 0. The summed E-state index contributed by atoms with van der Waals surface area (Å²) in [7, 11) is 5.92. The van der Waals surface area contributed by atoms with Crippen LogP contribution >= 0.6 is 0 Å². The molecule has 0 aliphatic rings. The van der Waals surface area contributed by atoms with Gasteiger partial charge in [-0.05, 0) is 27.9 Å². The molecule has 0 amide bonds. The lowest BCUT2D eigenvalue weighted by Gasteiger charge is -2.33. The van der Waals surface area contributed by atoms with E-state index >= 15 is 0 Å². The minimum absolute atomic E-state index is 0.113. The standard InChI is InChI=1S/C13H26N4O/c1-13(2,16(3)4)10-17-11-15-9-12(17)8-14-6-7-18-5/h9,11,14H,6-8,10H2,1-5H3. The Kier molecular flexibility index (Phi) is 5.78. The van der Waals surface area contributed by atoms with E-state index in [9.17, 15) is 0 Å². The smallest absolute Gasteiger partial charge is 0.0949 e. The van der Waals surface area contributed by atoms with Crippen LogP contribution in [-0.4, -0.2) is 54.3 Å². The van der Waals surface area contributed by atoms with Crippen molar-refractivity contribution >= 4 is 0 Å². The van der Waals surface area contributed by atoms with E-state index in [2.05, 4.69) is 47.7 Å². The van der Waals surface area contributed by atoms with Gasteiger partial charge in [-0.2, -0.15) is 0 Å². The van der Waals surface area contributed by atoms with Gasteiger partial charge in [0, 0.05) is 38.5 Å². The number of hydrogen-bond acceptors (Lipinski definition) is 4. The summed E-state index contributed by atoms with van der Waals surface area (Å²) in [5.74, 6) is 0. The summed E-state index contributed by atoms with van der Waals surface area (Å²) in [6.45, 7) is 7.81. The quantitative estimate of drug-likeness (QED) is 0.702. The molecule has 1 rings (SSSR count). The molecule has 0 aromatic carbocycles. The first kappa shape index (κ1) is 15.1. The molecule has 5 heteroatoms. The largest absolute Gasteiger partial charge is 0.383 e. The minimum atomic E-state index is 0.113. The summed E-state index contributed by atoms with van der Waals surface area (Å²) in [6.07, 6.45) is 3.82. The van der Waals surface area contributed by atoms with Gasteiger partial charge >= 0.3 is 0 Å². The zero-order valence-electron chi connectivity index (χ0n) is 12.2. The van der Waals surface area contributed by atoms with E-state index in [4.69, 9.17) is 4.74 Å². The summed E-state index contributed by atoms with van der Waals surface area (Å²) in [5.41, 5.74) is 1.32. The molecule has 1 heterocycles. The minimum Gasteiger partial charge on any atom is -0.383 e. The predicted octanol–water partition coefficient (Wildman–Crippen LogP) is 0.959. The first-order chi connectivity index (χ1) is 8.47. The number of methoxy groups -OCH3 is 1. The van der Waals surface area contributed by atoms with Crippen molar-refractivity contribution in [1.29, 1.82) is 0 Å². The van der Waals surface area contributed by atoms with Gasteiger partial charge in [0.15, 0.2) is 0 Å². The molecule has 0 radical (unpaired) electrons. The second kappa shape index (κ2) is 6.87. The average molecular weight is 254 g/mol. The Morgan fingerprint density at radius 2 is 2.17 bits per heavy atom. The zero-order valence-corrected chi connectivity index (χ0v) is 12.2. The van der Waals surface area contributed by atoms with Crippen molar-refractivity contribution < 1.29 is 4.74 Å². The van der Waals surface area contributed by atoms with E-state index < -0.39 is 0 Å². The van der Waals surface area contributed by atoms with Crippen LogP contribution in [-0.2, 0) is 17.8 Å². The highest BCUT2D eigenvalue weighted by molar-refractivity contribution is 4.99. The summed E-state index contributed by atoms with van der Waals surface area (Å²) in [4.78, 5) is 6.47. The van der Waals surface area contributed by atoms with Crippen molar-refractivity contribution in [3.63, 3.8) is 0 Å². The lowest BCUT2D eigenvalue weighted by Crippen LogP contribution is -2.42. The average Bonchev–Trinajstić information content (AvgIpc) is 2.71. The van der Waals surface area contributed by atoms with Crippen molar-refractivity contribution in [2.75, 3.05) is 34.4 Å². The molecule has 0 saturated heterocycles. The van der Waals surface area contributed by atoms with E-state index in [0.29, 0.717) is 0 Å². The van der Waals surface area contributed by atoms with Gasteiger partial charge in [-0.15, -0.1) is 0 Å². The van der Waals surface area contributed by atoms with E-state index in [0.717, 1.165) is 26.2 Å². The van der Waals surface area contributed by atoms with E-state index in [-0.39, 0.29) is 5.54 Å². The van der Waals surface area contributed by atoms with E-state index in [1.807, 2.05) is 12.5 Å². The Bertz CT molecular complexity index is 347. The second-order valence-corrected chi connectivity index (χ2v) is 5.39. The van der Waals surface area contributed by atoms with Crippen LogP contribution in [0.15, 0.2) is 12.5 Å². The fourth-order valence-electron chi connectivity index (χ4n) is 1.59. The van der Waals surface area contributed by atoms with Gasteiger partial charge in [0.2, 0.25) is 0 Å². The number of imidazole rings is 1. The summed E-state index contributed by atoms with van der Waals surface area (Å²) < 4.78 is 7.22. The number of rotatable bonds is 8. The first-order valence-electron chi connectivity index (χ1n) is 6.33. The molecule has 1 aromatic rings. The van der Waals surface area contributed by atoms with Crippen LogP contribution in [0.5, 0.6) is 0 Å². The molecule has 1 aromatic heterocycles. The lowest BCUT2D eigenvalue weighted by atomic mass is 10.0. The normalized spacial score (nSPS) is 12.3. The van der Waals surface area contributed by atoms with Gasteiger partial charge in [-0.3, -0.25) is 0 Å². The molecular weight excluding hydrogens is 228 g/mol. The van der Waals surface area contributed by atoms with Crippen molar-refractivity contribution in [2.24, 2.45) is 0 Å². The topological polar surface area (TPSA) is 42.3 Å². The maximum Gasteiger partial charge on any atom is 0.0949 e. The molecular formula is C13H26N4O. The monoisotopic (exact) mass is 254 g/mol. The number of nitrogens with zero attached hydrogens (tertiary/aromatic N) is 3. The molecule has 0 atom stereocenters. The van der Waals surface area contributed by atoms with E-state index in [1.165, 1.54) is 5.69 Å². The highest BCUT2D eigenvalue weighted by atomic mass is 16.5. The summed E-state index contributed by atoms with van der Waals surface area (Å²) in [5, 5.41) is 3.34. The van der Waals surface area contributed by atoms with Crippen LogP contribution < -0.4 is 5.32 Å². The van der Waals surface area contributed by atoms with Gasteiger partial charge in [-0.1, -0.05) is 0 Å². The van der Waals surface area contributed by atoms with Gasteiger partial charge in [0.1, 0.15) is 0 Å². The maximum absolute atomic E-state index is 5.01. The number of aromatic nitrogens is 2. The summed E-state index contributed by atoms with van der Waals surface area (Å²) in [6, 6.07) is 0. The van der Waals surface area contributed by atoms with Gasteiger partial charge in [-0.25, -0.2) is 4.98 Å². The second-order valence-electron chi connectivity index (χ2n) is 5.39. The van der Waals surface area contributed by atoms with Crippen molar-refractivity contribution in [3.05, 3.63) is 18.2 Å². The Hall–Kier alpha value is -0.910. The maximum atomic E-state index is 5.01. The fraction of sp³-hybridized carbons (Fsp3) is 0.769. The SMILES string of the molecule is COCCNCc1cncn1CC(C)(C)N(C)C. The van der Waals surface area contributed by atoms with Crippen molar-refractivity contribution in [2.45, 2.75) is 32.5 Å². The number of ether oxygens (including phenoxy) is 1. The Morgan fingerprint density at radius 3 is 2.78 bits per heavy atom. The molecule has 0 bridgehead atoms. The molecule has 104 valence electrons. The Balaban J connectivity index is 2.54. The lowest BCUT2D eigenvalue weighted by molar-refractivity contribution is 0.167. The molecule has 0 spiro atoms. The van der Waals surface area contributed by atoms with Crippen molar-refractivity contribution in [3.8, 4) is 0 Å². The highest BCUT2D eigenvalue weighted by Gasteiger charge is 2.21. The van der Waals surface area contributed by atoms with Crippen LogP contribution in [0.3, 0.4) is 0 Å². The Labute approximate surface area is 110 Å². The van der Waals surface area contributed by atoms with Crippen LogP contribution in [0.25, 0.3) is 0 Å². The Morgan fingerprint density at radius 1 is 1.44 bits per heavy atom. The zero-order chi connectivity index (χ0) is 13.6. The number of likely N-dealkylation sites (N-methyl/N-ethyl adjacent to an activating group) is 1. The molecule has 1 N–H and O–H groups in total. The van der Waals surface area contributed by atoms with E-state index in [1.54, 1.807) is 7.11 Å². The third kappa shape index (κ3) is 4.40. The van der Waals surface area contributed by atoms with Crippen LogP contribution in [0, 0.1) is 0 Å². The third-order valence-electron chi connectivity index (χ3n) is 3.36. The molecule has 0 aliphatic heterocycles. The van der Waals surface area contributed by atoms with Crippen molar-refractivity contribution in [1.82, 2.24) is 19.8 Å². The number of hydrogen-bond donors (Lipinski definition) is 1. The molecule has 5 nitrogen and oxygen atoms in total. The highest BCUT2D eigenvalue weighted by Crippen LogP contribution is 2.14. The molecule has 0 unspecified atom stereocenters. The third-order valence-corrected chi connectivity index (χ3v) is 3.36. The molecule has 0 fully saturated rings. The van der Waals surface area contributed by atoms with Gasteiger partial charge in [0.25, 0.3) is 0 Å². The van der Waals surface area contributed by atoms with Gasteiger partial charge in [0.05, 0.1) is 18.6 Å². The first-order valence-corrected chi connectivity index (χ1v) is 6.33. The van der Waals surface area contributed by atoms with Crippen LogP contribution in [0.4, 0.5) is 0 Å². The van der Waals surface area contributed by atoms with Crippen LogP contribution in [0.1, 0.15) is 19.5 Å².